The fourth-order valence-corrected chi connectivity index (χ4v) is 3.30. The van der Waals surface area contributed by atoms with Crippen LogP contribution in [-0.4, -0.2) is 70.8 Å². The summed E-state index contributed by atoms with van der Waals surface area (Å²) < 4.78 is 28.7. The lowest BCUT2D eigenvalue weighted by Gasteiger charge is -2.27. The van der Waals surface area contributed by atoms with Gasteiger partial charge in [0.15, 0.2) is 9.84 Å². The Hall–Kier alpha value is -0.170. The van der Waals surface area contributed by atoms with Gasteiger partial charge in [-0.2, -0.15) is 0 Å². The van der Waals surface area contributed by atoms with E-state index in [0.717, 1.165) is 26.2 Å². The Morgan fingerprint density at radius 2 is 2.18 bits per heavy atom. The highest BCUT2D eigenvalue weighted by Crippen LogP contribution is 2.00. The van der Waals surface area contributed by atoms with E-state index in [0.29, 0.717) is 18.7 Å². The summed E-state index contributed by atoms with van der Waals surface area (Å²) in [4.78, 5) is 2.03. The number of rotatable bonds is 7. The molecule has 0 saturated carbocycles. The molecule has 1 rings (SSSR count). The van der Waals surface area contributed by atoms with Crippen LogP contribution in [0, 0.1) is 0 Å². The molecule has 1 atom stereocenters. The van der Waals surface area contributed by atoms with Gasteiger partial charge in [0.1, 0.15) is 0 Å². The predicted octanol–water partition coefficient (Wildman–Crippen LogP) is -0.269. The molecule has 6 heteroatoms. The first-order chi connectivity index (χ1) is 8.03. The van der Waals surface area contributed by atoms with Crippen molar-refractivity contribution in [3.63, 3.8) is 0 Å². The number of likely N-dealkylation sites (N-methyl/N-ethyl adjacent to an activating group) is 1. The van der Waals surface area contributed by atoms with E-state index in [9.17, 15) is 8.42 Å². The van der Waals surface area contributed by atoms with Crippen LogP contribution in [0.3, 0.4) is 0 Å². The number of nitrogens with zero attached hydrogens (tertiary/aromatic N) is 1. The summed E-state index contributed by atoms with van der Waals surface area (Å²) in [7, 11) is -0.922. The molecule has 1 saturated heterocycles. The van der Waals surface area contributed by atoms with Crippen LogP contribution < -0.4 is 5.32 Å². The van der Waals surface area contributed by atoms with Crippen LogP contribution in [0.2, 0.25) is 0 Å². The van der Waals surface area contributed by atoms with E-state index in [4.69, 9.17) is 4.74 Å². The second kappa shape index (κ2) is 7.31. The molecule has 5 nitrogen and oxygen atoms in total. The molecule has 1 fully saturated rings. The van der Waals surface area contributed by atoms with Crippen molar-refractivity contribution in [1.29, 1.82) is 0 Å². The van der Waals surface area contributed by atoms with Crippen molar-refractivity contribution in [3.05, 3.63) is 0 Å². The second-order valence-corrected chi connectivity index (χ2v) is 6.91. The number of hydrogen-bond donors (Lipinski definition) is 1. The van der Waals surface area contributed by atoms with Crippen LogP contribution >= 0.6 is 0 Å². The molecule has 0 aromatic heterocycles. The van der Waals surface area contributed by atoms with Gasteiger partial charge in [-0.15, -0.1) is 0 Å². The molecule has 17 heavy (non-hydrogen) atoms. The highest BCUT2D eigenvalue weighted by Gasteiger charge is 2.17. The van der Waals surface area contributed by atoms with E-state index in [1.807, 2.05) is 18.9 Å². The van der Waals surface area contributed by atoms with E-state index >= 15 is 0 Å². The SMILES string of the molecule is CCCS(=O)(=O)CCN(C)CC1CNCCO1. The minimum absolute atomic E-state index is 0.183. The van der Waals surface area contributed by atoms with Gasteiger partial charge >= 0.3 is 0 Å². The van der Waals surface area contributed by atoms with Gasteiger partial charge in [-0.1, -0.05) is 6.92 Å². The van der Waals surface area contributed by atoms with Crippen LogP contribution in [0.15, 0.2) is 0 Å². The smallest absolute Gasteiger partial charge is 0.151 e. The number of nitrogens with one attached hydrogen (secondary N) is 1. The molecule has 1 aliphatic rings. The van der Waals surface area contributed by atoms with Gasteiger partial charge in [0.05, 0.1) is 18.5 Å². The molecule has 0 bridgehead atoms. The van der Waals surface area contributed by atoms with Crippen molar-refractivity contribution in [1.82, 2.24) is 10.2 Å². The lowest BCUT2D eigenvalue weighted by Crippen LogP contribution is -2.45. The van der Waals surface area contributed by atoms with Gasteiger partial charge in [-0.25, -0.2) is 8.42 Å². The van der Waals surface area contributed by atoms with Crippen molar-refractivity contribution >= 4 is 9.84 Å². The summed E-state index contributed by atoms with van der Waals surface area (Å²) in [5, 5.41) is 3.26. The lowest BCUT2D eigenvalue weighted by atomic mass is 10.3. The quantitative estimate of drug-likeness (QED) is 0.686. The summed E-state index contributed by atoms with van der Waals surface area (Å²) in [5.74, 6) is 0.541. The van der Waals surface area contributed by atoms with E-state index in [1.165, 1.54) is 0 Å². The summed E-state index contributed by atoms with van der Waals surface area (Å²) in [6.45, 7) is 5.77. The van der Waals surface area contributed by atoms with Crippen molar-refractivity contribution in [2.24, 2.45) is 0 Å². The molecule has 0 aliphatic carbocycles. The maximum atomic E-state index is 11.6. The fourth-order valence-electron chi connectivity index (χ4n) is 1.88. The number of morpholine rings is 1. The number of hydrogen-bond acceptors (Lipinski definition) is 5. The molecule has 0 aromatic rings. The Kier molecular flexibility index (Phi) is 6.40. The van der Waals surface area contributed by atoms with Crippen LogP contribution in [-0.2, 0) is 14.6 Å². The monoisotopic (exact) mass is 264 g/mol. The van der Waals surface area contributed by atoms with Crippen molar-refractivity contribution < 1.29 is 13.2 Å². The van der Waals surface area contributed by atoms with Gasteiger partial charge in [-0.3, -0.25) is 0 Å². The maximum absolute atomic E-state index is 11.6. The summed E-state index contributed by atoms with van der Waals surface area (Å²) >= 11 is 0. The van der Waals surface area contributed by atoms with E-state index < -0.39 is 9.84 Å². The molecule has 1 unspecified atom stereocenters. The molecule has 0 amide bonds. The molecular formula is C11H24N2O3S. The van der Waals surface area contributed by atoms with Crippen LogP contribution in [0.4, 0.5) is 0 Å². The Morgan fingerprint density at radius 3 is 2.76 bits per heavy atom. The van der Waals surface area contributed by atoms with Crippen molar-refractivity contribution in [2.75, 3.05) is 51.3 Å². The molecule has 0 spiro atoms. The lowest BCUT2D eigenvalue weighted by molar-refractivity contribution is 0.0110. The van der Waals surface area contributed by atoms with Crippen LogP contribution in [0.25, 0.3) is 0 Å². The predicted molar refractivity (Wildman–Crippen MR) is 69.1 cm³/mol. The largest absolute Gasteiger partial charge is 0.374 e. The number of sulfone groups is 1. The summed E-state index contributed by atoms with van der Waals surface area (Å²) in [6, 6.07) is 0. The van der Waals surface area contributed by atoms with Crippen LogP contribution in [0.1, 0.15) is 13.3 Å². The van der Waals surface area contributed by atoms with Crippen molar-refractivity contribution in [2.45, 2.75) is 19.4 Å². The van der Waals surface area contributed by atoms with Gasteiger partial charge < -0.3 is 15.0 Å². The van der Waals surface area contributed by atoms with Gasteiger partial charge in [0, 0.05) is 31.9 Å². The molecular weight excluding hydrogens is 240 g/mol. The van der Waals surface area contributed by atoms with Gasteiger partial charge in [0.2, 0.25) is 0 Å². The first-order valence-corrected chi connectivity index (χ1v) is 8.07. The molecule has 1 N–H and O–H groups in total. The fraction of sp³-hybridized carbons (Fsp3) is 1.00. The Balaban J connectivity index is 2.22. The molecule has 1 heterocycles. The third-order valence-electron chi connectivity index (χ3n) is 2.82. The standard InChI is InChI=1S/C11H24N2O3S/c1-3-7-17(14,15)8-5-13(2)10-11-9-12-4-6-16-11/h11-12H,3-10H2,1-2H3. The third-order valence-corrected chi connectivity index (χ3v) is 4.65. The zero-order chi connectivity index (χ0) is 12.7. The van der Waals surface area contributed by atoms with Crippen LogP contribution in [0.5, 0.6) is 0 Å². The summed E-state index contributed by atoms with van der Waals surface area (Å²) in [6.07, 6.45) is 0.879. The Labute approximate surface area is 104 Å². The zero-order valence-electron chi connectivity index (χ0n) is 10.8. The first-order valence-electron chi connectivity index (χ1n) is 6.25. The van der Waals surface area contributed by atoms with Gasteiger partial charge in [0.25, 0.3) is 0 Å². The Bertz CT molecular complexity index is 300. The highest BCUT2D eigenvalue weighted by molar-refractivity contribution is 7.91. The average molecular weight is 264 g/mol. The van der Waals surface area contributed by atoms with E-state index in [1.54, 1.807) is 0 Å². The topological polar surface area (TPSA) is 58.6 Å². The van der Waals surface area contributed by atoms with E-state index in [2.05, 4.69) is 5.32 Å². The maximum Gasteiger partial charge on any atom is 0.151 e. The average Bonchev–Trinajstić information content (AvgIpc) is 2.28. The third kappa shape index (κ3) is 6.35. The minimum atomic E-state index is -2.87. The zero-order valence-corrected chi connectivity index (χ0v) is 11.6. The molecule has 0 aromatic carbocycles. The highest BCUT2D eigenvalue weighted by atomic mass is 32.2. The normalized spacial score (nSPS) is 21.9. The van der Waals surface area contributed by atoms with Crippen molar-refractivity contribution in [3.8, 4) is 0 Å². The molecule has 0 radical (unpaired) electrons. The molecule has 102 valence electrons. The minimum Gasteiger partial charge on any atom is -0.374 e. The Morgan fingerprint density at radius 1 is 1.41 bits per heavy atom. The summed E-state index contributed by atoms with van der Waals surface area (Å²) in [5.41, 5.74) is 0. The molecule has 1 aliphatic heterocycles. The first kappa shape index (κ1) is 14.9. The van der Waals surface area contributed by atoms with E-state index in [-0.39, 0.29) is 11.9 Å². The van der Waals surface area contributed by atoms with Gasteiger partial charge in [-0.05, 0) is 13.5 Å². The second-order valence-electron chi connectivity index (χ2n) is 4.61. The number of ether oxygens (including phenoxy) is 1.